The van der Waals surface area contributed by atoms with Gasteiger partial charge in [-0.15, -0.1) is 0 Å². The molecule has 0 atom stereocenters. The van der Waals surface area contributed by atoms with Gasteiger partial charge in [0.15, 0.2) is 6.61 Å². The zero-order valence-electron chi connectivity index (χ0n) is 20.3. The summed E-state index contributed by atoms with van der Waals surface area (Å²) in [7, 11) is 0. The van der Waals surface area contributed by atoms with E-state index in [9.17, 15) is 14.0 Å². The summed E-state index contributed by atoms with van der Waals surface area (Å²) in [6.07, 6.45) is 1.56. The summed E-state index contributed by atoms with van der Waals surface area (Å²) < 4.78 is 22.0. The lowest BCUT2D eigenvalue weighted by Crippen LogP contribution is -2.29. The van der Waals surface area contributed by atoms with Gasteiger partial charge in [-0.1, -0.05) is 48.8 Å². The summed E-state index contributed by atoms with van der Waals surface area (Å²) >= 11 is 6.85. The van der Waals surface area contributed by atoms with Gasteiger partial charge in [-0.3, -0.25) is 9.59 Å². The van der Waals surface area contributed by atoms with Crippen molar-refractivity contribution in [3.05, 3.63) is 97.2 Å². The molecule has 0 saturated heterocycles. The predicted molar refractivity (Wildman–Crippen MR) is 150 cm³/mol. The fourth-order valence-corrected chi connectivity index (χ4v) is 4.34. The summed E-state index contributed by atoms with van der Waals surface area (Å²) in [6, 6.07) is 16.4. The van der Waals surface area contributed by atoms with Crippen LogP contribution in [0.15, 0.2) is 79.5 Å². The molecule has 4 aromatic rings. The molecule has 0 unspecified atom stereocenters. The minimum Gasteiger partial charge on any atom is -0.483 e. The fraction of sp³-hybridized carbons (Fsp3) is 0.185. The van der Waals surface area contributed by atoms with E-state index in [1.807, 2.05) is 26.8 Å². The Labute approximate surface area is 229 Å². The van der Waals surface area contributed by atoms with Crippen molar-refractivity contribution in [2.75, 3.05) is 11.9 Å². The van der Waals surface area contributed by atoms with E-state index in [-0.39, 0.29) is 17.9 Å². The maximum absolute atomic E-state index is 13.7. The van der Waals surface area contributed by atoms with Crippen LogP contribution in [-0.4, -0.2) is 28.4 Å². The fourth-order valence-electron chi connectivity index (χ4n) is 3.47. The highest BCUT2D eigenvalue weighted by molar-refractivity contribution is 9.10. The third-order valence-electron chi connectivity index (χ3n) is 5.26. The van der Waals surface area contributed by atoms with Gasteiger partial charge < -0.3 is 10.1 Å². The zero-order chi connectivity index (χ0) is 26.7. The first-order valence-corrected chi connectivity index (χ1v) is 12.9. The Hall–Kier alpha value is -3.37. The van der Waals surface area contributed by atoms with E-state index in [1.165, 1.54) is 16.8 Å². The number of ether oxygens (including phenoxy) is 1. The molecule has 10 heteroatoms. The minimum atomic E-state index is -0.524. The van der Waals surface area contributed by atoms with Crippen LogP contribution in [0.25, 0.3) is 10.9 Å². The summed E-state index contributed by atoms with van der Waals surface area (Å²) in [5.41, 5.74) is 0.678. The number of nitrogens with one attached hydrogen (secondary N) is 1. The summed E-state index contributed by atoms with van der Waals surface area (Å²) in [6.45, 7) is 5.60. The van der Waals surface area contributed by atoms with Crippen molar-refractivity contribution in [3.8, 4) is 5.75 Å². The van der Waals surface area contributed by atoms with Crippen LogP contribution in [0.3, 0.4) is 0 Å². The first-order chi connectivity index (χ1) is 17.5. The topological polar surface area (TPSA) is 85.6 Å². The van der Waals surface area contributed by atoms with Crippen molar-refractivity contribution in [1.82, 2.24) is 9.66 Å². The smallest absolute Gasteiger partial charge is 0.282 e. The molecule has 0 radical (unpaired) electrons. The van der Waals surface area contributed by atoms with E-state index < -0.39 is 17.1 Å². The first-order valence-electron chi connectivity index (χ1n) is 11.3. The normalized spacial score (nSPS) is 11.7. The molecule has 37 heavy (non-hydrogen) atoms. The van der Waals surface area contributed by atoms with Gasteiger partial charge in [0.1, 0.15) is 17.4 Å². The van der Waals surface area contributed by atoms with Crippen molar-refractivity contribution in [2.45, 2.75) is 26.2 Å². The molecular formula is C27H23Br2FN4O3. The van der Waals surface area contributed by atoms with Gasteiger partial charge in [-0.05, 0) is 70.0 Å². The lowest BCUT2D eigenvalue weighted by atomic mass is 9.95. The monoisotopic (exact) mass is 628 g/mol. The molecule has 4 rings (SSSR count). The third kappa shape index (κ3) is 6.31. The molecule has 7 nitrogen and oxygen atoms in total. The molecule has 0 aliphatic carbocycles. The standard InChI is InChI=1S/C27H23Br2FN4O3/c1-27(2,3)26-33-21-10-9-17(28)13-18(21)25(36)34(26)31-14-16-8-11-23(19(29)12-16)37-15-24(35)32-22-7-5-4-6-20(22)30/h4-14H,15H2,1-3H3,(H,32,35). The number of amides is 1. The van der Waals surface area contributed by atoms with Gasteiger partial charge in [-0.2, -0.15) is 9.78 Å². The molecule has 0 fully saturated rings. The maximum Gasteiger partial charge on any atom is 0.282 e. The molecule has 0 saturated carbocycles. The van der Waals surface area contributed by atoms with Gasteiger partial charge in [0.25, 0.3) is 11.5 Å². The Morgan fingerprint density at radius 1 is 1.14 bits per heavy atom. The number of halogens is 3. The van der Waals surface area contributed by atoms with Crippen molar-refractivity contribution < 1.29 is 13.9 Å². The van der Waals surface area contributed by atoms with Crippen molar-refractivity contribution >= 4 is 60.6 Å². The lowest BCUT2D eigenvalue weighted by Gasteiger charge is -2.20. The number of fused-ring (bicyclic) bond motifs is 1. The Kier molecular flexibility index (Phi) is 7.89. The van der Waals surface area contributed by atoms with Gasteiger partial charge in [0.2, 0.25) is 0 Å². The zero-order valence-corrected chi connectivity index (χ0v) is 23.4. The number of aromatic nitrogens is 2. The molecule has 1 N–H and O–H groups in total. The van der Waals surface area contributed by atoms with Crippen molar-refractivity contribution in [1.29, 1.82) is 0 Å². The van der Waals surface area contributed by atoms with Crippen LogP contribution in [0.4, 0.5) is 10.1 Å². The number of nitrogens with zero attached hydrogens (tertiary/aromatic N) is 3. The van der Waals surface area contributed by atoms with Gasteiger partial charge in [-0.25, -0.2) is 9.37 Å². The summed E-state index contributed by atoms with van der Waals surface area (Å²) in [5, 5.41) is 7.39. The highest BCUT2D eigenvalue weighted by Gasteiger charge is 2.23. The van der Waals surface area contributed by atoms with Crippen LogP contribution in [0, 0.1) is 5.82 Å². The second-order valence-corrected chi connectivity index (χ2v) is 11.0. The molecule has 3 aromatic carbocycles. The molecule has 1 aromatic heterocycles. The summed E-state index contributed by atoms with van der Waals surface area (Å²) in [4.78, 5) is 30.1. The highest BCUT2D eigenvalue weighted by Crippen LogP contribution is 2.26. The number of para-hydroxylation sites is 1. The lowest BCUT2D eigenvalue weighted by molar-refractivity contribution is -0.118. The second-order valence-electron chi connectivity index (χ2n) is 9.21. The molecule has 1 amide bonds. The van der Waals surface area contributed by atoms with E-state index >= 15 is 0 Å². The first kappa shape index (κ1) is 26.7. The van der Waals surface area contributed by atoms with Crippen LogP contribution in [0.5, 0.6) is 5.75 Å². The number of rotatable bonds is 6. The number of hydrogen-bond acceptors (Lipinski definition) is 5. The molecule has 1 heterocycles. The Balaban J connectivity index is 1.54. The molecule has 0 spiro atoms. The third-order valence-corrected chi connectivity index (χ3v) is 6.38. The second kappa shape index (κ2) is 10.9. The molecule has 0 aliphatic heterocycles. The number of carbonyl (C=O) groups excluding carboxylic acids is 1. The average Bonchev–Trinajstić information content (AvgIpc) is 2.84. The Morgan fingerprint density at radius 2 is 1.89 bits per heavy atom. The molecular weight excluding hydrogens is 607 g/mol. The molecule has 0 aliphatic rings. The summed E-state index contributed by atoms with van der Waals surface area (Å²) in [5.74, 6) is -0.0649. The average molecular weight is 630 g/mol. The molecule has 0 bridgehead atoms. The van der Waals surface area contributed by atoms with E-state index in [4.69, 9.17) is 9.72 Å². The van der Waals surface area contributed by atoms with E-state index in [1.54, 1.807) is 48.7 Å². The van der Waals surface area contributed by atoms with Gasteiger partial charge in [0.05, 0.1) is 27.3 Å². The van der Waals surface area contributed by atoms with Gasteiger partial charge in [0, 0.05) is 9.89 Å². The number of hydrogen-bond donors (Lipinski definition) is 1. The van der Waals surface area contributed by atoms with Gasteiger partial charge >= 0.3 is 0 Å². The number of benzene rings is 3. The predicted octanol–water partition coefficient (Wildman–Crippen LogP) is 6.26. The minimum absolute atomic E-state index is 0.0853. The number of carbonyl (C=O) groups is 1. The quantitative estimate of drug-likeness (QED) is 0.255. The van der Waals surface area contributed by atoms with E-state index in [0.717, 1.165) is 4.47 Å². The number of anilines is 1. The van der Waals surface area contributed by atoms with Crippen LogP contribution in [0.1, 0.15) is 32.2 Å². The SMILES string of the molecule is CC(C)(C)c1nc2ccc(Br)cc2c(=O)n1N=Cc1ccc(OCC(=O)Nc2ccccc2F)c(Br)c1. The Bertz CT molecular complexity index is 1580. The maximum atomic E-state index is 13.7. The Morgan fingerprint density at radius 3 is 2.59 bits per heavy atom. The highest BCUT2D eigenvalue weighted by atomic mass is 79.9. The van der Waals surface area contributed by atoms with E-state index in [0.29, 0.717) is 32.5 Å². The molecule has 190 valence electrons. The van der Waals surface area contributed by atoms with Crippen LogP contribution in [0.2, 0.25) is 0 Å². The largest absolute Gasteiger partial charge is 0.483 e. The van der Waals surface area contributed by atoms with Crippen LogP contribution < -0.4 is 15.6 Å². The van der Waals surface area contributed by atoms with Crippen LogP contribution in [-0.2, 0) is 10.2 Å². The van der Waals surface area contributed by atoms with E-state index in [2.05, 4.69) is 42.3 Å². The van der Waals surface area contributed by atoms with Crippen LogP contribution >= 0.6 is 31.9 Å². The van der Waals surface area contributed by atoms with Crippen molar-refractivity contribution in [3.63, 3.8) is 0 Å². The van der Waals surface area contributed by atoms with Crippen molar-refractivity contribution in [2.24, 2.45) is 5.10 Å².